The second kappa shape index (κ2) is 6.70. The molecule has 3 atom stereocenters. The van der Waals surface area contributed by atoms with E-state index < -0.39 is 5.60 Å². The molecule has 0 spiro atoms. The molecule has 0 aromatic rings. The van der Waals surface area contributed by atoms with E-state index in [-0.39, 0.29) is 17.3 Å². The quantitative estimate of drug-likeness (QED) is 0.557. The number of aliphatic hydroxyl groups is 1. The average Bonchev–Trinajstić information content (AvgIpc) is 2.46. The maximum Gasteiger partial charge on any atom is 0.123 e. The van der Waals surface area contributed by atoms with Crippen molar-refractivity contribution < 1.29 is 9.90 Å². The molecule has 2 nitrogen and oxygen atoms in total. The van der Waals surface area contributed by atoms with Gasteiger partial charge in [-0.3, -0.25) is 0 Å². The van der Waals surface area contributed by atoms with E-state index in [4.69, 9.17) is 0 Å². The van der Waals surface area contributed by atoms with Crippen molar-refractivity contribution >= 4 is 6.29 Å². The molecule has 0 saturated heterocycles. The van der Waals surface area contributed by atoms with Crippen LogP contribution in [-0.2, 0) is 4.79 Å². The largest absolute Gasteiger partial charge is 0.389 e. The first kappa shape index (κ1) is 17.5. The normalized spacial score (nSPS) is 36.4. The molecule has 0 aliphatic heterocycles. The molecule has 1 fully saturated rings. The Balaban J connectivity index is 2.37. The third-order valence-corrected chi connectivity index (χ3v) is 6.38. The zero-order valence-electron chi connectivity index (χ0n) is 14.7. The maximum atomic E-state index is 11.6. The highest BCUT2D eigenvalue weighted by Crippen LogP contribution is 2.53. The van der Waals surface area contributed by atoms with Gasteiger partial charge in [0.05, 0.1) is 5.60 Å². The molecule has 0 radical (unpaired) electrons. The number of aldehydes is 1. The van der Waals surface area contributed by atoms with Gasteiger partial charge in [-0.2, -0.15) is 0 Å². The number of hydrogen-bond acceptors (Lipinski definition) is 2. The second-order valence-electron chi connectivity index (χ2n) is 8.08. The third kappa shape index (κ3) is 3.37. The summed E-state index contributed by atoms with van der Waals surface area (Å²) < 4.78 is 0. The first-order valence-electron chi connectivity index (χ1n) is 8.79. The second-order valence-corrected chi connectivity index (χ2v) is 8.08. The van der Waals surface area contributed by atoms with Gasteiger partial charge in [0.1, 0.15) is 6.29 Å². The van der Waals surface area contributed by atoms with Crippen LogP contribution in [0.2, 0.25) is 0 Å². The van der Waals surface area contributed by atoms with Gasteiger partial charge in [-0.1, -0.05) is 37.1 Å². The lowest BCUT2D eigenvalue weighted by Crippen LogP contribution is -2.54. The standard InChI is InChI=1S/C20H32O2/c1-15-6-5-7-16(2)10-12-20(22)13-11-17(14-21)18(9-8-15)19(20,3)4/h6,10,14,17-18,22H,5,7-9,11-13H2,1-4H3. The number of rotatable bonds is 1. The lowest BCUT2D eigenvalue weighted by molar-refractivity contribution is -0.151. The van der Waals surface area contributed by atoms with Crippen molar-refractivity contribution in [3.05, 3.63) is 23.3 Å². The highest BCUT2D eigenvalue weighted by atomic mass is 16.3. The van der Waals surface area contributed by atoms with E-state index in [1.165, 1.54) is 11.1 Å². The summed E-state index contributed by atoms with van der Waals surface area (Å²) in [7, 11) is 0. The summed E-state index contributed by atoms with van der Waals surface area (Å²) >= 11 is 0. The fourth-order valence-electron chi connectivity index (χ4n) is 4.39. The number of fused-ring (bicyclic) bond motifs is 2. The van der Waals surface area contributed by atoms with Crippen molar-refractivity contribution in [1.82, 2.24) is 0 Å². The van der Waals surface area contributed by atoms with Crippen LogP contribution in [0.15, 0.2) is 23.3 Å². The summed E-state index contributed by atoms with van der Waals surface area (Å²) in [4.78, 5) is 11.6. The number of hydrogen-bond donors (Lipinski definition) is 1. The molecule has 0 aromatic carbocycles. The molecule has 0 aromatic heterocycles. The van der Waals surface area contributed by atoms with Gasteiger partial charge >= 0.3 is 0 Å². The van der Waals surface area contributed by atoms with Crippen molar-refractivity contribution in [1.29, 1.82) is 0 Å². The number of carbonyl (C=O) groups is 1. The van der Waals surface area contributed by atoms with Crippen molar-refractivity contribution in [2.24, 2.45) is 17.3 Å². The molecule has 2 rings (SSSR count). The summed E-state index contributed by atoms with van der Waals surface area (Å²) in [6, 6.07) is 0. The molecule has 2 heteroatoms. The van der Waals surface area contributed by atoms with Gasteiger partial charge in [-0.25, -0.2) is 0 Å². The van der Waals surface area contributed by atoms with Crippen LogP contribution in [0.5, 0.6) is 0 Å². The van der Waals surface area contributed by atoms with E-state index in [1.807, 2.05) is 0 Å². The minimum absolute atomic E-state index is 0.0936. The summed E-state index contributed by atoms with van der Waals surface area (Å²) in [5.74, 6) is 0.358. The van der Waals surface area contributed by atoms with Crippen molar-refractivity contribution in [2.75, 3.05) is 0 Å². The predicted molar refractivity (Wildman–Crippen MR) is 91.6 cm³/mol. The average molecular weight is 304 g/mol. The summed E-state index contributed by atoms with van der Waals surface area (Å²) in [5.41, 5.74) is 1.87. The molecule has 0 heterocycles. The van der Waals surface area contributed by atoms with Gasteiger partial charge in [0.15, 0.2) is 0 Å². The fraction of sp³-hybridized carbons (Fsp3) is 0.750. The van der Waals surface area contributed by atoms with Crippen molar-refractivity contribution in [3.8, 4) is 0 Å². The van der Waals surface area contributed by atoms with Crippen LogP contribution < -0.4 is 0 Å². The lowest BCUT2D eigenvalue weighted by atomic mass is 9.54. The Kier molecular flexibility index (Phi) is 5.32. The maximum absolute atomic E-state index is 11.6. The van der Waals surface area contributed by atoms with E-state index in [9.17, 15) is 9.90 Å². The van der Waals surface area contributed by atoms with Gasteiger partial charge in [0, 0.05) is 5.92 Å². The zero-order chi connectivity index (χ0) is 16.4. The predicted octanol–water partition coefficient (Wildman–Crippen LogP) is 4.83. The van der Waals surface area contributed by atoms with Crippen LogP contribution in [0, 0.1) is 17.3 Å². The highest BCUT2D eigenvalue weighted by molar-refractivity contribution is 5.55. The monoisotopic (exact) mass is 304 g/mol. The Morgan fingerprint density at radius 3 is 2.50 bits per heavy atom. The number of allylic oxidation sites excluding steroid dienone is 3. The van der Waals surface area contributed by atoms with Gasteiger partial charge in [-0.15, -0.1) is 0 Å². The smallest absolute Gasteiger partial charge is 0.123 e. The highest BCUT2D eigenvalue weighted by Gasteiger charge is 2.53. The molecule has 1 saturated carbocycles. The van der Waals surface area contributed by atoms with Gasteiger partial charge in [0.25, 0.3) is 0 Å². The Hall–Kier alpha value is -0.890. The molecule has 124 valence electrons. The van der Waals surface area contributed by atoms with Crippen LogP contribution in [0.1, 0.15) is 72.6 Å². The van der Waals surface area contributed by atoms with Crippen molar-refractivity contribution in [3.63, 3.8) is 0 Å². The summed E-state index contributed by atoms with van der Waals surface area (Å²) in [5, 5.41) is 11.3. The lowest BCUT2D eigenvalue weighted by Gasteiger charge is -2.53. The van der Waals surface area contributed by atoms with E-state index in [1.54, 1.807) is 0 Å². The molecule has 0 amide bonds. The minimum atomic E-state index is -0.685. The Morgan fingerprint density at radius 2 is 1.82 bits per heavy atom. The van der Waals surface area contributed by atoms with Crippen LogP contribution in [0.3, 0.4) is 0 Å². The molecular formula is C20H32O2. The third-order valence-electron chi connectivity index (χ3n) is 6.38. The van der Waals surface area contributed by atoms with Crippen LogP contribution in [0.25, 0.3) is 0 Å². The molecule has 3 unspecified atom stereocenters. The first-order chi connectivity index (χ1) is 10.3. The van der Waals surface area contributed by atoms with E-state index >= 15 is 0 Å². The molecule has 2 aliphatic rings. The molecule has 22 heavy (non-hydrogen) atoms. The van der Waals surface area contributed by atoms with Gasteiger partial charge in [-0.05, 0) is 70.1 Å². The van der Waals surface area contributed by atoms with Gasteiger partial charge in [0.2, 0.25) is 0 Å². The van der Waals surface area contributed by atoms with Crippen LogP contribution in [-0.4, -0.2) is 17.0 Å². The van der Waals surface area contributed by atoms with E-state index in [0.29, 0.717) is 0 Å². The SMILES string of the molecule is CC1=CCC2(O)CCC(C=O)C(CCC(C)=CCC1)C2(C)C. The van der Waals surface area contributed by atoms with Crippen LogP contribution >= 0.6 is 0 Å². The fourth-order valence-corrected chi connectivity index (χ4v) is 4.39. The summed E-state index contributed by atoms with van der Waals surface area (Å²) in [6.07, 6.45) is 12.2. The van der Waals surface area contributed by atoms with E-state index in [0.717, 1.165) is 51.2 Å². The topological polar surface area (TPSA) is 37.3 Å². The molecule has 1 N–H and O–H groups in total. The molecule has 2 aliphatic carbocycles. The Morgan fingerprint density at radius 1 is 1.14 bits per heavy atom. The Bertz CT molecular complexity index is 472. The Labute approximate surface area is 135 Å². The molecular weight excluding hydrogens is 272 g/mol. The zero-order valence-corrected chi connectivity index (χ0v) is 14.7. The molecule has 2 bridgehead atoms. The van der Waals surface area contributed by atoms with E-state index in [2.05, 4.69) is 39.8 Å². The minimum Gasteiger partial charge on any atom is -0.389 e. The van der Waals surface area contributed by atoms with Crippen LogP contribution in [0.4, 0.5) is 0 Å². The van der Waals surface area contributed by atoms with Crippen molar-refractivity contribution in [2.45, 2.75) is 78.2 Å². The summed E-state index contributed by atoms with van der Waals surface area (Å²) in [6.45, 7) is 8.70. The van der Waals surface area contributed by atoms with Gasteiger partial charge < -0.3 is 9.90 Å². The number of carbonyl (C=O) groups excluding carboxylic acids is 1. The first-order valence-corrected chi connectivity index (χ1v) is 8.79.